The number of piperidine rings is 1. The van der Waals surface area contributed by atoms with Crippen LogP contribution in [0.5, 0.6) is 0 Å². The number of rotatable bonds is 5. The molecule has 0 bridgehead atoms. The summed E-state index contributed by atoms with van der Waals surface area (Å²) in [5.74, 6) is 3.42. The molecule has 0 amide bonds. The van der Waals surface area contributed by atoms with E-state index in [1.54, 1.807) is 6.33 Å². The number of halogens is 1. The summed E-state index contributed by atoms with van der Waals surface area (Å²) in [6.07, 6.45) is 7.56. The van der Waals surface area contributed by atoms with Crippen molar-refractivity contribution in [2.75, 3.05) is 26.7 Å². The molecule has 3 aromatic heterocycles. The average molecular weight is 495 g/mol. The van der Waals surface area contributed by atoms with Crippen molar-refractivity contribution >= 4 is 35.6 Å². The van der Waals surface area contributed by atoms with Crippen LogP contribution in [0.3, 0.4) is 0 Å². The smallest absolute Gasteiger partial charge is 0.193 e. The first-order chi connectivity index (χ1) is 13.3. The largest absolute Gasteiger partial charge is 0.356 e. The summed E-state index contributed by atoms with van der Waals surface area (Å²) in [4.78, 5) is 11.1. The van der Waals surface area contributed by atoms with Crippen molar-refractivity contribution in [2.45, 2.75) is 31.6 Å². The van der Waals surface area contributed by atoms with Gasteiger partial charge in [-0.05, 0) is 31.4 Å². The maximum absolute atomic E-state index is 4.45. The molecule has 4 heterocycles. The minimum absolute atomic E-state index is 0. The summed E-state index contributed by atoms with van der Waals surface area (Å²) >= 11 is 0. The fourth-order valence-corrected chi connectivity index (χ4v) is 3.62. The van der Waals surface area contributed by atoms with Crippen molar-refractivity contribution in [2.24, 2.45) is 4.99 Å². The molecule has 0 aliphatic carbocycles. The first kappa shape index (κ1) is 20.5. The van der Waals surface area contributed by atoms with Crippen LogP contribution in [0.4, 0.5) is 0 Å². The molecule has 1 fully saturated rings. The van der Waals surface area contributed by atoms with E-state index in [4.69, 9.17) is 0 Å². The van der Waals surface area contributed by atoms with Crippen LogP contribution in [0, 0.1) is 0 Å². The van der Waals surface area contributed by atoms with E-state index in [0.29, 0.717) is 5.92 Å². The Morgan fingerprint density at radius 2 is 2.14 bits per heavy atom. The van der Waals surface area contributed by atoms with Crippen LogP contribution in [0.2, 0.25) is 0 Å². The van der Waals surface area contributed by atoms with E-state index in [1.807, 2.05) is 35.8 Å². The third-order valence-electron chi connectivity index (χ3n) is 5.07. The number of hydrogen-bond acceptors (Lipinski definition) is 5. The van der Waals surface area contributed by atoms with Crippen molar-refractivity contribution in [1.29, 1.82) is 0 Å². The van der Waals surface area contributed by atoms with Crippen molar-refractivity contribution in [3.63, 3.8) is 0 Å². The number of aryl methyl sites for hydroxylation is 1. The maximum atomic E-state index is 4.45. The van der Waals surface area contributed by atoms with Crippen LogP contribution < -0.4 is 5.32 Å². The Balaban J connectivity index is 0.00000225. The minimum atomic E-state index is 0. The summed E-state index contributed by atoms with van der Waals surface area (Å²) in [5.41, 5.74) is 0.894. The lowest BCUT2D eigenvalue weighted by atomic mass is 9.96. The highest BCUT2D eigenvalue weighted by molar-refractivity contribution is 14.0. The van der Waals surface area contributed by atoms with E-state index in [1.165, 1.54) is 0 Å². The fourth-order valence-electron chi connectivity index (χ4n) is 3.62. The number of nitrogens with zero attached hydrogens (tertiary/aromatic N) is 7. The van der Waals surface area contributed by atoms with Crippen molar-refractivity contribution in [3.8, 4) is 0 Å². The monoisotopic (exact) mass is 495 g/mol. The second kappa shape index (κ2) is 9.80. The second-order valence-corrected chi connectivity index (χ2v) is 6.75. The Morgan fingerprint density at radius 1 is 1.29 bits per heavy atom. The predicted molar refractivity (Wildman–Crippen MR) is 118 cm³/mol. The highest BCUT2D eigenvalue weighted by atomic mass is 127. The van der Waals surface area contributed by atoms with Gasteiger partial charge in [0.1, 0.15) is 18.0 Å². The van der Waals surface area contributed by atoms with Crippen LogP contribution in [0.1, 0.15) is 36.8 Å². The lowest BCUT2D eigenvalue weighted by Gasteiger charge is -2.33. The molecular weight excluding hydrogens is 469 g/mol. The zero-order valence-corrected chi connectivity index (χ0v) is 18.3. The molecule has 150 valence electrons. The quantitative estimate of drug-likeness (QED) is 0.243. The maximum Gasteiger partial charge on any atom is 0.193 e. The molecular formula is C18H26IN9. The normalized spacial score (nSPS) is 15.6. The SMILES string of the molecule is CN=C(NCCCc1nnc2ccccn12)N1CCC(c2ncn[nH]2)CC1.I. The standard InChI is InChI=1S/C18H25N9.HI/c1-19-18(26-11-7-14(8-12-26)17-21-13-22-25-17)20-9-4-6-16-24-23-15-5-2-3-10-27(15)16;/h2-3,5,10,13-14H,4,6-9,11-12H2,1H3,(H,19,20)(H,21,22,25);1H. The molecule has 1 saturated heterocycles. The molecule has 28 heavy (non-hydrogen) atoms. The Morgan fingerprint density at radius 3 is 2.89 bits per heavy atom. The molecule has 9 nitrogen and oxygen atoms in total. The number of fused-ring (bicyclic) bond motifs is 1. The lowest BCUT2D eigenvalue weighted by molar-refractivity contribution is 0.299. The molecule has 0 saturated carbocycles. The summed E-state index contributed by atoms with van der Waals surface area (Å²) < 4.78 is 2.04. The highest BCUT2D eigenvalue weighted by Crippen LogP contribution is 2.24. The molecule has 2 N–H and O–H groups in total. The molecule has 3 aromatic rings. The van der Waals surface area contributed by atoms with Gasteiger partial charge in [-0.2, -0.15) is 5.10 Å². The number of H-pyrrole nitrogens is 1. The first-order valence-electron chi connectivity index (χ1n) is 9.44. The number of guanidine groups is 1. The molecule has 0 spiro atoms. The lowest BCUT2D eigenvalue weighted by Crippen LogP contribution is -2.45. The summed E-state index contributed by atoms with van der Waals surface area (Å²) in [6.45, 7) is 2.80. The Hall–Kier alpha value is -2.24. The molecule has 4 rings (SSSR count). The van der Waals surface area contributed by atoms with Gasteiger partial charge in [-0.1, -0.05) is 6.07 Å². The first-order valence-corrected chi connectivity index (χ1v) is 9.44. The van der Waals surface area contributed by atoms with Crippen LogP contribution in [0.25, 0.3) is 5.65 Å². The molecule has 1 aliphatic rings. The van der Waals surface area contributed by atoms with E-state index in [9.17, 15) is 0 Å². The van der Waals surface area contributed by atoms with Crippen LogP contribution in [-0.4, -0.2) is 67.3 Å². The van der Waals surface area contributed by atoms with Gasteiger partial charge in [-0.25, -0.2) is 4.98 Å². The van der Waals surface area contributed by atoms with E-state index < -0.39 is 0 Å². The Labute approximate surface area is 181 Å². The van der Waals surface area contributed by atoms with Gasteiger partial charge in [-0.3, -0.25) is 14.5 Å². The van der Waals surface area contributed by atoms with Gasteiger partial charge < -0.3 is 10.2 Å². The van der Waals surface area contributed by atoms with Gasteiger partial charge in [0.05, 0.1) is 0 Å². The highest BCUT2D eigenvalue weighted by Gasteiger charge is 2.24. The average Bonchev–Trinajstić information content (AvgIpc) is 3.39. The summed E-state index contributed by atoms with van der Waals surface area (Å²) in [6, 6.07) is 5.95. The number of aromatic amines is 1. The topological polar surface area (TPSA) is 99.4 Å². The van der Waals surface area contributed by atoms with Crippen molar-refractivity contribution in [1.82, 2.24) is 40.0 Å². The molecule has 0 radical (unpaired) electrons. The molecule has 0 aromatic carbocycles. The van der Waals surface area contributed by atoms with Gasteiger partial charge in [0, 0.05) is 45.2 Å². The summed E-state index contributed by atoms with van der Waals surface area (Å²) in [7, 11) is 1.84. The number of aromatic nitrogens is 6. The van der Waals surface area contributed by atoms with E-state index in [-0.39, 0.29) is 24.0 Å². The number of aliphatic imine (C=N–C) groups is 1. The van der Waals surface area contributed by atoms with Crippen molar-refractivity contribution in [3.05, 3.63) is 42.4 Å². The fraction of sp³-hybridized carbons (Fsp3) is 0.500. The number of pyridine rings is 1. The molecule has 0 atom stereocenters. The minimum Gasteiger partial charge on any atom is -0.356 e. The molecule has 1 aliphatic heterocycles. The predicted octanol–water partition coefficient (Wildman–Crippen LogP) is 1.85. The Kier molecular flexibility index (Phi) is 7.18. The van der Waals surface area contributed by atoms with Crippen LogP contribution in [0.15, 0.2) is 35.7 Å². The third kappa shape index (κ3) is 4.59. The van der Waals surface area contributed by atoms with Gasteiger partial charge in [-0.15, -0.1) is 34.2 Å². The van der Waals surface area contributed by atoms with Crippen LogP contribution in [-0.2, 0) is 6.42 Å². The zero-order valence-electron chi connectivity index (χ0n) is 16.0. The van der Waals surface area contributed by atoms with Gasteiger partial charge in [0.15, 0.2) is 11.6 Å². The number of hydrogen-bond donors (Lipinski definition) is 2. The number of likely N-dealkylation sites (tertiary alicyclic amines) is 1. The van der Waals surface area contributed by atoms with Gasteiger partial charge >= 0.3 is 0 Å². The second-order valence-electron chi connectivity index (χ2n) is 6.75. The van der Waals surface area contributed by atoms with E-state index >= 15 is 0 Å². The summed E-state index contributed by atoms with van der Waals surface area (Å²) in [5, 5.41) is 18.9. The van der Waals surface area contributed by atoms with E-state index in [2.05, 4.69) is 40.6 Å². The molecule has 10 heteroatoms. The van der Waals surface area contributed by atoms with Crippen LogP contribution >= 0.6 is 24.0 Å². The Bertz CT molecular complexity index is 881. The number of nitrogens with one attached hydrogen (secondary N) is 2. The molecule has 0 unspecified atom stereocenters. The zero-order chi connectivity index (χ0) is 18.5. The third-order valence-corrected chi connectivity index (χ3v) is 5.07. The van der Waals surface area contributed by atoms with Gasteiger partial charge in [0.2, 0.25) is 0 Å². The van der Waals surface area contributed by atoms with Gasteiger partial charge in [0.25, 0.3) is 0 Å². The van der Waals surface area contributed by atoms with E-state index in [0.717, 1.165) is 68.6 Å². The van der Waals surface area contributed by atoms with Crippen molar-refractivity contribution < 1.29 is 0 Å².